The molecular weight excluding hydrogens is 422 g/mol. The molecule has 6 heteroatoms. The summed E-state index contributed by atoms with van der Waals surface area (Å²) in [5, 5.41) is 0. The third-order valence-corrected chi connectivity index (χ3v) is 5.97. The highest BCUT2D eigenvalue weighted by atomic mass is 19.2. The molecule has 3 aromatic rings. The number of halogens is 2. The molecule has 2 aromatic carbocycles. The van der Waals surface area contributed by atoms with Gasteiger partial charge in [-0.3, -0.25) is 9.69 Å². The van der Waals surface area contributed by atoms with Crippen molar-refractivity contribution in [1.29, 1.82) is 0 Å². The monoisotopic (exact) mass is 452 g/mol. The van der Waals surface area contributed by atoms with Crippen molar-refractivity contribution in [3.8, 4) is 0 Å². The van der Waals surface area contributed by atoms with Crippen molar-refractivity contribution in [2.75, 3.05) is 19.6 Å². The zero-order valence-electron chi connectivity index (χ0n) is 19.0. The molecule has 1 heterocycles. The van der Waals surface area contributed by atoms with Gasteiger partial charge in [0.1, 0.15) is 11.5 Å². The lowest BCUT2D eigenvalue weighted by Gasteiger charge is -2.27. The molecule has 0 bridgehead atoms. The molecule has 33 heavy (non-hydrogen) atoms. The molecule has 0 radical (unpaired) electrons. The van der Waals surface area contributed by atoms with Crippen LogP contribution in [-0.2, 0) is 24.3 Å². The molecule has 1 aliphatic carbocycles. The lowest BCUT2D eigenvalue weighted by molar-refractivity contribution is -0.133. The van der Waals surface area contributed by atoms with Gasteiger partial charge >= 0.3 is 0 Å². The average Bonchev–Trinajstić information content (AvgIpc) is 3.52. The summed E-state index contributed by atoms with van der Waals surface area (Å²) in [7, 11) is 0. The molecule has 0 unspecified atom stereocenters. The van der Waals surface area contributed by atoms with E-state index in [4.69, 9.17) is 4.42 Å². The number of furan rings is 1. The topological polar surface area (TPSA) is 36.7 Å². The SMILES string of the molecule is Cc1ccc(CN(CCc2ccccc2)C(=O)CN(Cc2ccc(F)c(F)c2)CC2CC2)o1. The second kappa shape index (κ2) is 10.8. The van der Waals surface area contributed by atoms with Gasteiger partial charge in [-0.25, -0.2) is 8.78 Å². The van der Waals surface area contributed by atoms with Crippen molar-refractivity contribution in [2.24, 2.45) is 5.92 Å². The molecule has 0 aliphatic heterocycles. The normalized spacial score (nSPS) is 13.5. The standard InChI is InChI=1S/C27H30F2N2O2/c1-20-7-11-24(33-20)18-31(14-13-21-5-3-2-4-6-21)27(32)19-30(16-22-8-9-22)17-23-10-12-25(28)26(29)15-23/h2-7,10-12,15,22H,8-9,13-14,16-19H2,1H3. The van der Waals surface area contributed by atoms with Crippen LogP contribution in [0.2, 0.25) is 0 Å². The van der Waals surface area contributed by atoms with E-state index in [0.29, 0.717) is 31.1 Å². The number of benzene rings is 2. The summed E-state index contributed by atoms with van der Waals surface area (Å²) in [5.41, 5.74) is 1.84. The van der Waals surface area contributed by atoms with Crippen molar-refractivity contribution in [2.45, 2.75) is 39.3 Å². The third kappa shape index (κ3) is 6.99. The van der Waals surface area contributed by atoms with Crippen LogP contribution in [0.3, 0.4) is 0 Å². The fourth-order valence-electron chi connectivity index (χ4n) is 4.00. The molecule has 1 aromatic heterocycles. The lowest BCUT2D eigenvalue weighted by Crippen LogP contribution is -2.41. The number of rotatable bonds is 11. The van der Waals surface area contributed by atoms with Gasteiger partial charge in [-0.05, 0) is 67.5 Å². The van der Waals surface area contributed by atoms with Crippen LogP contribution in [0.15, 0.2) is 65.1 Å². The maximum atomic E-state index is 13.7. The molecule has 4 rings (SSSR count). The minimum Gasteiger partial charge on any atom is -0.464 e. The predicted molar refractivity (Wildman–Crippen MR) is 123 cm³/mol. The van der Waals surface area contributed by atoms with Crippen LogP contribution < -0.4 is 0 Å². The minimum absolute atomic E-state index is 0.00298. The number of aryl methyl sites for hydroxylation is 1. The molecule has 1 fully saturated rings. The first kappa shape index (κ1) is 23.2. The summed E-state index contributed by atoms with van der Waals surface area (Å²) >= 11 is 0. The highest BCUT2D eigenvalue weighted by molar-refractivity contribution is 5.78. The summed E-state index contributed by atoms with van der Waals surface area (Å²) in [6, 6.07) is 17.8. The fraction of sp³-hybridized carbons (Fsp3) is 0.370. The van der Waals surface area contributed by atoms with Gasteiger partial charge in [0.15, 0.2) is 11.6 Å². The van der Waals surface area contributed by atoms with Crippen LogP contribution in [0.1, 0.15) is 35.5 Å². The first-order valence-electron chi connectivity index (χ1n) is 11.5. The first-order valence-corrected chi connectivity index (χ1v) is 11.5. The zero-order chi connectivity index (χ0) is 23.2. The van der Waals surface area contributed by atoms with Crippen LogP contribution in [0.4, 0.5) is 8.78 Å². The van der Waals surface area contributed by atoms with Gasteiger partial charge in [-0.1, -0.05) is 36.4 Å². The number of nitrogens with zero attached hydrogens (tertiary/aromatic N) is 2. The summed E-state index contributed by atoms with van der Waals surface area (Å²) in [6.45, 7) is 4.28. The Bertz CT molecular complexity index is 1060. The number of hydrogen-bond donors (Lipinski definition) is 0. The molecule has 4 nitrogen and oxygen atoms in total. The number of carbonyl (C=O) groups excluding carboxylic acids is 1. The van der Waals surface area contributed by atoms with Crippen LogP contribution >= 0.6 is 0 Å². The Kier molecular flexibility index (Phi) is 7.55. The quantitative estimate of drug-likeness (QED) is 0.394. The van der Waals surface area contributed by atoms with Crippen molar-refractivity contribution in [1.82, 2.24) is 9.80 Å². The molecule has 1 amide bonds. The summed E-state index contributed by atoms with van der Waals surface area (Å²) in [6.07, 6.45) is 3.04. The molecular formula is C27H30F2N2O2. The summed E-state index contributed by atoms with van der Waals surface area (Å²) in [5.74, 6) is 0.418. The average molecular weight is 453 g/mol. The highest BCUT2D eigenvalue weighted by Crippen LogP contribution is 2.30. The van der Waals surface area contributed by atoms with Gasteiger partial charge in [0.25, 0.3) is 0 Å². The van der Waals surface area contributed by atoms with E-state index in [-0.39, 0.29) is 12.5 Å². The van der Waals surface area contributed by atoms with Crippen molar-refractivity contribution in [3.05, 3.63) is 94.9 Å². The molecule has 0 atom stereocenters. The Hall–Kier alpha value is -2.99. The first-order chi connectivity index (χ1) is 16.0. The van der Waals surface area contributed by atoms with E-state index in [9.17, 15) is 13.6 Å². The highest BCUT2D eigenvalue weighted by Gasteiger charge is 2.27. The van der Waals surface area contributed by atoms with Gasteiger partial charge in [-0.15, -0.1) is 0 Å². The largest absolute Gasteiger partial charge is 0.464 e. The van der Waals surface area contributed by atoms with E-state index in [2.05, 4.69) is 17.0 Å². The minimum atomic E-state index is -0.858. The predicted octanol–water partition coefficient (Wildman–Crippen LogP) is 5.35. The van der Waals surface area contributed by atoms with Crippen LogP contribution in [-0.4, -0.2) is 35.3 Å². The molecule has 1 saturated carbocycles. The smallest absolute Gasteiger partial charge is 0.237 e. The second-order valence-corrected chi connectivity index (χ2v) is 8.92. The van der Waals surface area contributed by atoms with Gasteiger partial charge < -0.3 is 9.32 Å². The second-order valence-electron chi connectivity index (χ2n) is 8.92. The molecule has 0 saturated heterocycles. The number of carbonyl (C=O) groups is 1. The Morgan fingerprint density at radius 2 is 1.76 bits per heavy atom. The van der Waals surface area contributed by atoms with E-state index in [1.165, 1.54) is 11.6 Å². The van der Waals surface area contributed by atoms with E-state index < -0.39 is 11.6 Å². The zero-order valence-corrected chi connectivity index (χ0v) is 19.0. The van der Waals surface area contributed by atoms with Gasteiger partial charge in [0, 0.05) is 19.6 Å². The van der Waals surface area contributed by atoms with Crippen LogP contribution in [0.25, 0.3) is 0 Å². The molecule has 0 spiro atoms. The van der Waals surface area contributed by atoms with Crippen LogP contribution in [0, 0.1) is 24.5 Å². The fourth-order valence-corrected chi connectivity index (χ4v) is 4.00. The van der Waals surface area contributed by atoms with E-state index >= 15 is 0 Å². The van der Waals surface area contributed by atoms with Gasteiger partial charge in [-0.2, -0.15) is 0 Å². The van der Waals surface area contributed by atoms with Crippen molar-refractivity contribution >= 4 is 5.91 Å². The Morgan fingerprint density at radius 3 is 2.42 bits per heavy atom. The van der Waals surface area contributed by atoms with E-state index in [1.807, 2.05) is 42.2 Å². The van der Waals surface area contributed by atoms with Crippen LogP contribution in [0.5, 0.6) is 0 Å². The summed E-state index contributed by atoms with van der Waals surface area (Å²) < 4.78 is 32.8. The molecule has 0 N–H and O–H groups in total. The maximum Gasteiger partial charge on any atom is 0.237 e. The lowest BCUT2D eigenvalue weighted by atomic mass is 10.1. The van der Waals surface area contributed by atoms with Crippen molar-refractivity contribution < 1.29 is 18.0 Å². The van der Waals surface area contributed by atoms with Gasteiger partial charge in [0.2, 0.25) is 5.91 Å². The van der Waals surface area contributed by atoms with E-state index in [1.54, 1.807) is 6.07 Å². The third-order valence-electron chi connectivity index (χ3n) is 5.97. The summed E-state index contributed by atoms with van der Waals surface area (Å²) in [4.78, 5) is 17.3. The number of amides is 1. The van der Waals surface area contributed by atoms with Crippen molar-refractivity contribution in [3.63, 3.8) is 0 Å². The Labute approximate surface area is 193 Å². The van der Waals surface area contributed by atoms with E-state index in [0.717, 1.165) is 43.4 Å². The number of hydrogen-bond acceptors (Lipinski definition) is 3. The van der Waals surface area contributed by atoms with Gasteiger partial charge in [0.05, 0.1) is 13.1 Å². The molecule has 1 aliphatic rings. The Balaban J connectivity index is 1.45. The Morgan fingerprint density at radius 1 is 0.970 bits per heavy atom. The maximum absolute atomic E-state index is 13.7. The molecule has 174 valence electrons.